The van der Waals surface area contributed by atoms with Gasteiger partial charge in [0.25, 0.3) is 0 Å². The van der Waals surface area contributed by atoms with Crippen molar-refractivity contribution in [2.75, 3.05) is 12.5 Å². The highest BCUT2D eigenvalue weighted by atomic mass is 79.9. The first kappa shape index (κ1) is 19.7. The number of halogens is 3. The predicted molar refractivity (Wildman–Crippen MR) is 107 cm³/mol. The van der Waals surface area contributed by atoms with E-state index in [9.17, 15) is 4.39 Å². The molecular weight excluding hydrogens is 459 g/mol. The normalized spacial score (nSPS) is 10.7. The van der Waals surface area contributed by atoms with Crippen LogP contribution in [0.1, 0.15) is 11.1 Å². The quantitative estimate of drug-likeness (QED) is 0.481. The van der Waals surface area contributed by atoms with Gasteiger partial charge < -0.3 is 14.9 Å². The maximum Gasteiger partial charge on any atom is 0.214 e. The van der Waals surface area contributed by atoms with Crippen LogP contribution in [-0.4, -0.2) is 22.0 Å². The molecule has 1 aromatic heterocycles. The molecule has 0 saturated carbocycles. The van der Waals surface area contributed by atoms with Crippen molar-refractivity contribution < 1.29 is 13.9 Å². The summed E-state index contributed by atoms with van der Waals surface area (Å²) in [5.41, 5.74) is 4.31. The molecule has 3 rings (SSSR count). The van der Waals surface area contributed by atoms with Gasteiger partial charge in [0.1, 0.15) is 18.8 Å². The molecule has 0 spiro atoms. The molecule has 2 aromatic carbocycles. The first-order valence-electron chi connectivity index (χ1n) is 7.77. The number of hydrogen-bond acceptors (Lipinski definition) is 5. The van der Waals surface area contributed by atoms with Gasteiger partial charge in [0.2, 0.25) is 4.77 Å². The maximum absolute atomic E-state index is 13.9. The third-order valence-electron chi connectivity index (χ3n) is 3.72. The van der Waals surface area contributed by atoms with Crippen LogP contribution in [0.5, 0.6) is 11.5 Å². The number of hydrogen-bond donors (Lipinski definition) is 2. The van der Waals surface area contributed by atoms with Gasteiger partial charge in [0.15, 0.2) is 11.5 Å². The van der Waals surface area contributed by atoms with E-state index in [0.717, 1.165) is 5.56 Å². The van der Waals surface area contributed by atoms with E-state index in [1.54, 1.807) is 23.1 Å². The Morgan fingerprint density at radius 1 is 1.41 bits per heavy atom. The Morgan fingerprint density at radius 3 is 2.89 bits per heavy atom. The average molecular weight is 474 g/mol. The number of aromatic amines is 1. The Morgan fingerprint density at radius 2 is 2.22 bits per heavy atom. The van der Waals surface area contributed by atoms with Crippen LogP contribution in [0.15, 0.2) is 41.1 Å². The molecular formula is C17H15BrClFN4O2S. The molecule has 0 bridgehead atoms. The Hall–Kier alpha value is -2.10. The highest BCUT2D eigenvalue weighted by molar-refractivity contribution is 9.10. The van der Waals surface area contributed by atoms with E-state index in [1.165, 1.54) is 13.2 Å². The van der Waals surface area contributed by atoms with Gasteiger partial charge >= 0.3 is 0 Å². The van der Waals surface area contributed by atoms with Gasteiger partial charge in [-0.2, -0.15) is 5.10 Å². The van der Waals surface area contributed by atoms with Crippen molar-refractivity contribution in [2.24, 2.45) is 0 Å². The molecule has 0 aliphatic heterocycles. The minimum atomic E-state index is -0.421. The molecule has 142 valence electrons. The third kappa shape index (κ3) is 4.60. The zero-order valence-corrected chi connectivity index (χ0v) is 17.3. The summed E-state index contributed by atoms with van der Waals surface area (Å²) < 4.78 is 27.9. The number of methoxy groups -OCH3 is 1. The van der Waals surface area contributed by atoms with Crippen molar-refractivity contribution in [1.29, 1.82) is 0 Å². The van der Waals surface area contributed by atoms with E-state index in [4.69, 9.17) is 33.3 Å². The minimum absolute atomic E-state index is 0.0256. The molecule has 0 fully saturated rings. The molecule has 0 atom stereocenters. The van der Waals surface area contributed by atoms with Crippen molar-refractivity contribution >= 4 is 39.7 Å². The van der Waals surface area contributed by atoms with E-state index in [-0.39, 0.29) is 12.2 Å². The van der Waals surface area contributed by atoms with Crippen LogP contribution in [0.25, 0.3) is 0 Å². The third-order valence-corrected chi connectivity index (χ3v) is 4.95. The number of ether oxygens (including phenoxy) is 2. The average Bonchev–Trinajstić information content (AvgIpc) is 3.05. The van der Waals surface area contributed by atoms with Crippen LogP contribution >= 0.6 is 39.7 Å². The molecule has 27 heavy (non-hydrogen) atoms. The van der Waals surface area contributed by atoms with Crippen LogP contribution in [0.2, 0.25) is 5.02 Å². The summed E-state index contributed by atoms with van der Waals surface area (Å²) in [4.78, 5) is 0. The summed E-state index contributed by atoms with van der Waals surface area (Å²) in [6, 6.07) is 8.20. The lowest BCUT2D eigenvalue weighted by Gasteiger charge is -2.16. The molecule has 3 aromatic rings. The first-order valence-corrected chi connectivity index (χ1v) is 9.35. The second-order valence-corrected chi connectivity index (χ2v) is 7.11. The zero-order chi connectivity index (χ0) is 19.4. The largest absolute Gasteiger partial charge is 0.493 e. The highest BCUT2D eigenvalue weighted by Gasteiger charge is 2.14. The monoisotopic (exact) mass is 472 g/mol. The van der Waals surface area contributed by atoms with Crippen molar-refractivity contribution in [2.45, 2.75) is 13.2 Å². The number of aromatic nitrogens is 3. The fraction of sp³-hybridized carbons (Fsp3) is 0.176. The van der Waals surface area contributed by atoms with E-state index < -0.39 is 5.82 Å². The Kier molecular flexibility index (Phi) is 6.35. The molecule has 1 heterocycles. The van der Waals surface area contributed by atoms with E-state index in [1.807, 2.05) is 12.1 Å². The molecule has 0 aliphatic carbocycles. The molecule has 0 aliphatic rings. The lowest BCUT2D eigenvalue weighted by atomic mass is 10.2. The minimum Gasteiger partial charge on any atom is -0.493 e. The van der Waals surface area contributed by atoms with Gasteiger partial charge in [-0.15, -0.1) is 0 Å². The fourth-order valence-corrected chi connectivity index (χ4v) is 3.35. The summed E-state index contributed by atoms with van der Waals surface area (Å²) in [5, 5.41) is 6.81. The smallest absolute Gasteiger partial charge is 0.214 e. The SMILES string of the molecule is COc1cc(CNn2cn[nH]c2=S)cc(Br)c1OCc1c(F)cccc1Cl. The Bertz CT molecular complexity index is 991. The predicted octanol–water partition coefficient (Wildman–Crippen LogP) is 4.83. The van der Waals surface area contributed by atoms with E-state index in [2.05, 4.69) is 31.6 Å². The lowest BCUT2D eigenvalue weighted by Crippen LogP contribution is -2.13. The standard InChI is InChI=1S/C17H15BrClFN4O2S/c1-25-15-6-10(7-22-24-9-21-23-17(24)27)5-12(18)16(15)26-8-11-13(19)3-2-4-14(11)20/h2-6,9,22H,7-8H2,1H3,(H,23,27). The summed E-state index contributed by atoms with van der Waals surface area (Å²) in [6.07, 6.45) is 1.55. The van der Waals surface area contributed by atoms with Gasteiger partial charge in [0.05, 0.1) is 23.1 Å². The van der Waals surface area contributed by atoms with Crippen LogP contribution in [0.4, 0.5) is 4.39 Å². The van der Waals surface area contributed by atoms with Crippen LogP contribution in [0.3, 0.4) is 0 Å². The summed E-state index contributed by atoms with van der Waals surface area (Å²) >= 11 is 14.6. The molecule has 0 amide bonds. The molecule has 10 heteroatoms. The zero-order valence-electron chi connectivity index (χ0n) is 14.1. The summed E-state index contributed by atoms with van der Waals surface area (Å²) in [7, 11) is 1.54. The van der Waals surface area contributed by atoms with Crippen LogP contribution in [-0.2, 0) is 13.2 Å². The van der Waals surface area contributed by atoms with Gasteiger partial charge in [-0.25, -0.2) is 9.07 Å². The molecule has 2 N–H and O–H groups in total. The van der Waals surface area contributed by atoms with Crippen molar-refractivity contribution in [1.82, 2.24) is 14.9 Å². The molecule has 0 radical (unpaired) electrons. The van der Waals surface area contributed by atoms with Crippen LogP contribution in [0, 0.1) is 10.6 Å². The van der Waals surface area contributed by atoms with Crippen LogP contribution < -0.4 is 14.9 Å². The summed E-state index contributed by atoms with van der Waals surface area (Å²) in [6.45, 7) is 0.449. The fourth-order valence-electron chi connectivity index (χ4n) is 2.37. The topological polar surface area (TPSA) is 64.1 Å². The number of H-pyrrole nitrogens is 1. The molecule has 0 unspecified atom stereocenters. The van der Waals surface area contributed by atoms with Crippen molar-refractivity contribution in [3.05, 3.63) is 67.9 Å². The second kappa shape index (κ2) is 8.73. The molecule has 6 nitrogen and oxygen atoms in total. The summed E-state index contributed by atoms with van der Waals surface area (Å²) in [5.74, 6) is 0.542. The van der Waals surface area contributed by atoms with E-state index >= 15 is 0 Å². The number of nitrogens with one attached hydrogen (secondary N) is 2. The Balaban J connectivity index is 1.78. The highest BCUT2D eigenvalue weighted by Crippen LogP contribution is 2.37. The number of benzene rings is 2. The lowest BCUT2D eigenvalue weighted by molar-refractivity contribution is 0.278. The Labute approximate surface area is 173 Å². The van der Waals surface area contributed by atoms with Gasteiger partial charge in [-0.1, -0.05) is 17.7 Å². The van der Waals surface area contributed by atoms with Crippen molar-refractivity contribution in [3.8, 4) is 11.5 Å². The second-order valence-electron chi connectivity index (χ2n) is 5.46. The van der Waals surface area contributed by atoms with Gasteiger partial charge in [0, 0.05) is 5.56 Å². The number of rotatable bonds is 7. The van der Waals surface area contributed by atoms with Gasteiger partial charge in [-0.3, -0.25) is 5.10 Å². The molecule has 0 saturated heterocycles. The van der Waals surface area contributed by atoms with Gasteiger partial charge in [-0.05, 0) is 58.0 Å². The maximum atomic E-state index is 13.9. The van der Waals surface area contributed by atoms with Crippen molar-refractivity contribution in [3.63, 3.8) is 0 Å². The number of nitrogens with zero attached hydrogens (tertiary/aromatic N) is 2. The first-order chi connectivity index (χ1) is 13.0. The van der Waals surface area contributed by atoms with E-state index in [0.29, 0.717) is 32.3 Å².